The highest BCUT2D eigenvalue weighted by Gasteiger charge is 2.12. The molecular weight excluding hydrogens is 304 g/mol. The third-order valence-corrected chi connectivity index (χ3v) is 3.48. The molecular formula is C14H19BrN4. The minimum atomic E-state index is -0.0593. The summed E-state index contributed by atoms with van der Waals surface area (Å²) in [5.41, 5.74) is 8.61. The van der Waals surface area contributed by atoms with Crippen molar-refractivity contribution in [1.29, 1.82) is 0 Å². The van der Waals surface area contributed by atoms with Gasteiger partial charge < -0.3 is 5.73 Å². The molecule has 19 heavy (non-hydrogen) atoms. The molecule has 1 heterocycles. The highest BCUT2D eigenvalue weighted by molar-refractivity contribution is 9.10. The maximum atomic E-state index is 6.29. The molecule has 102 valence electrons. The summed E-state index contributed by atoms with van der Waals surface area (Å²) >= 11 is 3.51. The molecule has 2 aromatic rings. The maximum Gasteiger partial charge on any atom is 0.138 e. The van der Waals surface area contributed by atoms with Gasteiger partial charge in [-0.15, -0.1) is 0 Å². The topological polar surface area (TPSA) is 56.7 Å². The zero-order chi connectivity index (χ0) is 13.8. The van der Waals surface area contributed by atoms with Crippen LogP contribution in [-0.2, 0) is 13.0 Å². The van der Waals surface area contributed by atoms with E-state index in [9.17, 15) is 0 Å². The Morgan fingerprint density at radius 1 is 1.37 bits per heavy atom. The minimum Gasteiger partial charge on any atom is -0.324 e. The van der Waals surface area contributed by atoms with E-state index in [0.717, 1.165) is 28.8 Å². The van der Waals surface area contributed by atoms with E-state index >= 15 is 0 Å². The van der Waals surface area contributed by atoms with E-state index in [0.29, 0.717) is 6.42 Å². The Balaban J connectivity index is 2.15. The molecule has 1 aromatic heterocycles. The summed E-state index contributed by atoms with van der Waals surface area (Å²) in [5.74, 6) is 0.951. The number of rotatable bonds is 5. The third-order valence-electron chi connectivity index (χ3n) is 3.03. The average Bonchev–Trinajstić information content (AvgIpc) is 2.76. The van der Waals surface area contributed by atoms with Crippen LogP contribution in [-0.4, -0.2) is 14.8 Å². The van der Waals surface area contributed by atoms with Gasteiger partial charge in [-0.1, -0.05) is 28.9 Å². The van der Waals surface area contributed by atoms with E-state index < -0.39 is 0 Å². The number of benzene rings is 1. The van der Waals surface area contributed by atoms with Crippen LogP contribution in [0.4, 0.5) is 0 Å². The lowest BCUT2D eigenvalue weighted by Gasteiger charge is -2.13. The van der Waals surface area contributed by atoms with Crippen molar-refractivity contribution < 1.29 is 0 Å². The van der Waals surface area contributed by atoms with Gasteiger partial charge in [0.2, 0.25) is 0 Å². The Morgan fingerprint density at radius 3 is 2.84 bits per heavy atom. The number of nitrogens with zero attached hydrogens (tertiary/aromatic N) is 3. The van der Waals surface area contributed by atoms with Crippen LogP contribution in [0.25, 0.3) is 0 Å². The van der Waals surface area contributed by atoms with Gasteiger partial charge in [0, 0.05) is 23.5 Å². The first-order valence-electron chi connectivity index (χ1n) is 6.49. The Kier molecular flexibility index (Phi) is 4.71. The van der Waals surface area contributed by atoms with Gasteiger partial charge in [-0.25, -0.2) is 4.98 Å². The molecule has 1 aromatic carbocycles. The zero-order valence-corrected chi connectivity index (χ0v) is 12.9. The molecule has 5 heteroatoms. The van der Waals surface area contributed by atoms with E-state index in [4.69, 9.17) is 5.73 Å². The van der Waals surface area contributed by atoms with E-state index in [1.54, 1.807) is 6.33 Å². The van der Waals surface area contributed by atoms with Crippen molar-refractivity contribution in [2.45, 2.75) is 39.3 Å². The van der Waals surface area contributed by atoms with Crippen LogP contribution < -0.4 is 5.73 Å². The van der Waals surface area contributed by atoms with Gasteiger partial charge in [0.05, 0.1) is 0 Å². The van der Waals surface area contributed by atoms with Gasteiger partial charge >= 0.3 is 0 Å². The smallest absolute Gasteiger partial charge is 0.138 e. The van der Waals surface area contributed by atoms with Crippen molar-refractivity contribution >= 4 is 15.9 Å². The van der Waals surface area contributed by atoms with E-state index in [1.165, 1.54) is 5.56 Å². The standard InChI is InChI=1S/C14H19BrN4/c1-3-4-19-14(17-9-18-19)8-13(16)11-5-10(2)6-12(15)7-11/h5-7,9,13H,3-4,8,16H2,1-2H3. The zero-order valence-electron chi connectivity index (χ0n) is 11.3. The molecule has 0 amide bonds. The first kappa shape index (κ1) is 14.2. The van der Waals surface area contributed by atoms with Crippen LogP contribution in [0.3, 0.4) is 0 Å². The molecule has 0 saturated carbocycles. The van der Waals surface area contributed by atoms with Gasteiger partial charge in [0.25, 0.3) is 0 Å². The minimum absolute atomic E-state index is 0.0593. The molecule has 0 radical (unpaired) electrons. The number of aromatic nitrogens is 3. The Hall–Kier alpha value is -1.20. The summed E-state index contributed by atoms with van der Waals surface area (Å²) in [4.78, 5) is 4.31. The second kappa shape index (κ2) is 6.30. The predicted octanol–water partition coefficient (Wildman–Crippen LogP) is 3.00. The summed E-state index contributed by atoms with van der Waals surface area (Å²) < 4.78 is 3.00. The lowest BCUT2D eigenvalue weighted by molar-refractivity contribution is 0.548. The molecule has 4 nitrogen and oxygen atoms in total. The number of nitrogens with two attached hydrogens (primary N) is 1. The summed E-state index contributed by atoms with van der Waals surface area (Å²) in [6.07, 6.45) is 3.35. The highest BCUT2D eigenvalue weighted by Crippen LogP contribution is 2.21. The lowest BCUT2D eigenvalue weighted by Crippen LogP contribution is -2.17. The molecule has 0 aliphatic heterocycles. The normalized spacial score (nSPS) is 12.6. The van der Waals surface area contributed by atoms with Crippen LogP contribution in [0.2, 0.25) is 0 Å². The molecule has 1 unspecified atom stereocenters. The molecule has 0 aliphatic rings. The van der Waals surface area contributed by atoms with Gasteiger partial charge in [0.1, 0.15) is 12.2 Å². The molecule has 0 aliphatic carbocycles. The van der Waals surface area contributed by atoms with Crippen molar-refractivity contribution in [3.63, 3.8) is 0 Å². The summed E-state index contributed by atoms with van der Waals surface area (Å²) in [5, 5.41) is 4.23. The summed E-state index contributed by atoms with van der Waals surface area (Å²) in [6, 6.07) is 6.21. The van der Waals surface area contributed by atoms with Crippen LogP contribution in [0.1, 0.15) is 36.3 Å². The molecule has 1 atom stereocenters. The van der Waals surface area contributed by atoms with Crippen LogP contribution >= 0.6 is 15.9 Å². The second-order valence-corrected chi connectivity index (χ2v) is 5.69. The number of aryl methyl sites for hydroxylation is 2. The van der Waals surface area contributed by atoms with Crippen LogP contribution in [0.5, 0.6) is 0 Å². The predicted molar refractivity (Wildman–Crippen MR) is 79.8 cm³/mol. The van der Waals surface area contributed by atoms with Crippen molar-refractivity contribution in [1.82, 2.24) is 14.8 Å². The Labute approximate surface area is 122 Å². The Morgan fingerprint density at radius 2 is 2.16 bits per heavy atom. The van der Waals surface area contributed by atoms with Crippen LogP contribution in [0, 0.1) is 6.92 Å². The number of hydrogen-bond acceptors (Lipinski definition) is 3. The monoisotopic (exact) mass is 322 g/mol. The van der Waals surface area contributed by atoms with Crippen molar-refractivity contribution in [3.8, 4) is 0 Å². The van der Waals surface area contributed by atoms with Crippen LogP contribution in [0.15, 0.2) is 29.0 Å². The molecule has 0 saturated heterocycles. The van der Waals surface area contributed by atoms with Gasteiger partial charge in [-0.3, -0.25) is 4.68 Å². The Bertz CT molecular complexity index is 530. The molecule has 0 fully saturated rings. The van der Waals surface area contributed by atoms with Crippen molar-refractivity contribution in [2.75, 3.05) is 0 Å². The largest absolute Gasteiger partial charge is 0.324 e. The second-order valence-electron chi connectivity index (χ2n) is 4.77. The van der Waals surface area contributed by atoms with E-state index in [2.05, 4.69) is 58.1 Å². The SMILES string of the molecule is CCCn1ncnc1CC(N)c1cc(C)cc(Br)c1. The summed E-state index contributed by atoms with van der Waals surface area (Å²) in [6.45, 7) is 5.09. The maximum absolute atomic E-state index is 6.29. The van der Waals surface area contributed by atoms with Crippen molar-refractivity contribution in [3.05, 3.63) is 46.0 Å². The number of halogens is 1. The van der Waals surface area contributed by atoms with E-state index in [1.807, 2.05) is 4.68 Å². The molecule has 0 bridgehead atoms. The number of hydrogen-bond donors (Lipinski definition) is 1. The molecule has 2 N–H and O–H groups in total. The molecule has 0 spiro atoms. The average molecular weight is 323 g/mol. The fourth-order valence-corrected chi connectivity index (χ4v) is 2.76. The van der Waals surface area contributed by atoms with Gasteiger partial charge in [0.15, 0.2) is 0 Å². The first-order chi connectivity index (χ1) is 9.10. The fraction of sp³-hybridized carbons (Fsp3) is 0.429. The lowest BCUT2D eigenvalue weighted by atomic mass is 10.0. The van der Waals surface area contributed by atoms with Gasteiger partial charge in [-0.2, -0.15) is 5.10 Å². The van der Waals surface area contributed by atoms with Crippen molar-refractivity contribution in [2.24, 2.45) is 5.73 Å². The molecule has 2 rings (SSSR count). The quantitative estimate of drug-likeness (QED) is 0.920. The fourth-order valence-electron chi connectivity index (χ4n) is 2.14. The van der Waals surface area contributed by atoms with Gasteiger partial charge in [-0.05, 0) is 36.6 Å². The van der Waals surface area contributed by atoms with E-state index in [-0.39, 0.29) is 6.04 Å². The highest BCUT2D eigenvalue weighted by atomic mass is 79.9. The summed E-state index contributed by atoms with van der Waals surface area (Å²) in [7, 11) is 0. The third kappa shape index (κ3) is 3.64. The first-order valence-corrected chi connectivity index (χ1v) is 7.28.